The molecular weight excluding hydrogens is 103 g/mol. The van der Waals surface area contributed by atoms with Crippen molar-refractivity contribution in [3.05, 3.63) is 0 Å². The SMILES string of the molecule is CC(C)CO.[Na+].[OH-]. The molecule has 0 rings (SSSR count). The Morgan fingerprint density at radius 1 is 1.43 bits per heavy atom. The Labute approximate surface area is 66.5 Å². The van der Waals surface area contributed by atoms with Crippen molar-refractivity contribution in [1.82, 2.24) is 0 Å². The van der Waals surface area contributed by atoms with Crippen molar-refractivity contribution in [3.63, 3.8) is 0 Å². The van der Waals surface area contributed by atoms with E-state index < -0.39 is 0 Å². The third-order valence-corrected chi connectivity index (χ3v) is 0.365. The molecule has 0 aliphatic rings. The molecule has 3 heteroatoms. The van der Waals surface area contributed by atoms with Gasteiger partial charge in [-0.25, -0.2) is 0 Å². The summed E-state index contributed by atoms with van der Waals surface area (Å²) in [5, 5.41) is 8.14. The summed E-state index contributed by atoms with van der Waals surface area (Å²) in [5.41, 5.74) is 0. The number of aliphatic hydroxyl groups is 1. The Morgan fingerprint density at radius 2 is 1.57 bits per heavy atom. The summed E-state index contributed by atoms with van der Waals surface area (Å²) in [7, 11) is 0. The first-order valence-corrected chi connectivity index (χ1v) is 1.88. The zero-order valence-corrected chi connectivity index (χ0v) is 7.18. The minimum Gasteiger partial charge on any atom is -0.870 e. The average molecular weight is 114 g/mol. The van der Waals surface area contributed by atoms with E-state index in [1.165, 1.54) is 0 Å². The van der Waals surface area contributed by atoms with Gasteiger partial charge in [0.25, 0.3) is 0 Å². The van der Waals surface area contributed by atoms with Crippen LogP contribution in [0.4, 0.5) is 0 Å². The van der Waals surface area contributed by atoms with E-state index in [1.807, 2.05) is 13.8 Å². The van der Waals surface area contributed by atoms with Crippen molar-refractivity contribution in [2.75, 3.05) is 6.61 Å². The van der Waals surface area contributed by atoms with Crippen LogP contribution in [0.25, 0.3) is 0 Å². The summed E-state index contributed by atoms with van der Waals surface area (Å²) in [6, 6.07) is 0. The molecule has 0 fully saturated rings. The fourth-order valence-electron chi connectivity index (χ4n) is 0. The maximum absolute atomic E-state index is 8.14. The van der Waals surface area contributed by atoms with E-state index in [0.29, 0.717) is 12.5 Å². The van der Waals surface area contributed by atoms with Gasteiger partial charge in [-0.05, 0) is 5.92 Å². The van der Waals surface area contributed by atoms with Gasteiger partial charge in [0.05, 0.1) is 0 Å². The molecule has 0 spiro atoms. The second-order valence-corrected chi connectivity index (χ2v) is 1.58. The van der Waals surface area contributed by atoms with Crippen LogP contribution in [0.1, 0.15) is 13.8 Å². The van der Waals surface area contributed by atoms with E-state index in [-0.39, 0.29) is 35.0 Å². The fraction of sp³-hybridized carbons (Fsp3) is 1.00. The maximum Gasteiger partial charge on any atom is 1.00 e. The molecule has 0 atom stereocenters. The van der Waals surface area contributed by atoms with Gasteiger partial charge in [-0.3, -0.25) is 0 Å². The van der Waals surface area contributed by atoms with Crippen molar-refractivity contribution < 1.29 is 40.1 Å². The Bertz CT molecular complexity index is 23.7. The monoisotopic (exact) mass is 114 g/mol. The molecule has 0 aliphatic carbocycles. The van der Waals surface area contributed by atoms with Crippen LogP contribution in [0.15, 0.2) is 0 Å². The molecule has 0 unspecified atom stereocenters. The van der Waals surface area contributed by atoms with Crippen molar-refractivity contribution in [2.45, 2.75) is 13.8 Å². The molecule has 2 N–H and O–H groups in total. The molecule has 40 valence electrons. The van der Waals surface area contributed by atoms with Gasteiger partial charge in [0.15, 0.2) is 0 Å². The van der Waals surface area contributed by atoms with Crippen LogP contribution in [0.2, 0.25) is 0 Å². The molecule has 0 amide bonds. The molecule has 0 aromatic carbocycles. The van der Waals surface area contributed by atoms with E-state index >= 15 is 0 Å². The van der Waals surface area contributed by atoms with Crippen LogP contribution in [0.3, 0.4) is 0 Å². The Morgan fingerprint density at radius 3 is 1.57 bits per heavy atom. The maximum atomic E-state index is 8.14. The minimum absolute atomic E-state index is 0. The predicted molar refractivity (Wildman–Crippen MR) is 23.9 cm³/mol. The van der Waals surface area contributed by atoms with Gasteiger partial charge >= 0.3 is 29.6 Å². The summed E-state index contributed by atoms with van der Waals surface area (Å²) >= 11 is 0. The van der Waals surface area contributed by atoms with Crippen molar-refractivity contribution in [2.24, 2.45) is 5.92 Å². The van der Waals surface area contributed by atoms with E-state index in [4.69, 9.17) is 5.11 Å². The van der Waals surface area contributed by atoms with Crippen molar-refractivity contribution in [3.8, 4) is 0 Å². The van der Waals surface area contributed by atoms with Gasteiger partial charge in [0, 0.05) is 6.61 Å². The van der Waals surface area contributed by atoms with Gasteiger partial charge in [-0.1, -0.05) is 13.8 Å². The largest absolute Gasteiger partial charge is 1.00 e. The second-order valence-electron chi connectivity index (χ2n) is 1.58. The molecule has 0 aromatic rings. The van der Waals surface area contributed by atoms with Crippen LogP contribution in [0, 0.1) is 5.92 Å². The van der Waals surface area contributed by atoms with Crippen molar-refractivity contribution in [1.29, 1.82) is 0 Å². The fourth-order valence-corrected chi connectivity index (χ4v) is 0. The van der Waals surface area contributed by atoms with Crippen LogP contribution in [-0.2, 0) is 0 Å². The first-order valence-electron chi connectivity index (χ1n) is 1.88. The van der Waals surface area contributed by atoms with Crippen LogP contribution in [-0.4, -0.2) is 17.2 Å². The first-order chi connectivity index (χ1) is 2.27. The van der Waals surface area contributed by atoms with Crippen LogP contribution < -0.4 is 29.6 Å². The van der Waals surface area contributed by atoms with Crippen LogP contribution in [0.5, 0.6) is 0 Å². The second kappa shape index (κ2) is 10.0. The Balaban J connectivity index is -0.0000000800. The molecule has 0 bridgehead atoms. The van der Waals surface area contributed by atoms with Gasteiger partial charge in [0.1, 0.15) is 0 Å². The van der Waals surface area contributed by atoms with Crippen LogP contribution >= 0.6 is 0 Å². The summed E-state index contributed by atoms with van der Waals surface area (Å²) < 4.78 is 0. The Kier molecular flexibility index (Phi) is 22.4. The zero-order chi connectivity index (χ0) is 4.28. The molecular formula is C4H11NaO2. The number of hydrogen-bond donors (Lipinski definition) is 1. The molecule has 0 radical (unpaired) electrons. The van der Waals surface area contributed by atoms with E-state index in [1.54, 1.807) is 0 Å². The number of rotatable bonds is 1. The Hall–Kier alpha value is 0.920. The summed E-state index contributed by atoms with van der Waals surface area (Å²) in [4.78, 5) is 0. The quantitative estimate of drug-likeness (QED) is 0.382. The summed E-state index contributed by atoms with van der Waals surface area (Å²) in [6.07, 6.45) is 0. The normalized spacial score (nSPS) is 6.86. The van der Waals surface area contributed by atoms with E-state index in [2.05, 4.69) is 0 Å². The predicted octanol–water partition coefficient (Wildman–Crippen LogP) is -2.54. The van der Waals surface area contributed by atoms with Gasteiger partial charge < -0.3 is 10.6 Å². The molecule has 2 nitrogen and oxygen atoms in total. The smallest absolute Gasteiger partial charge is 0.870 e. The molecule has 0 aromatic heterocycles. The van der Waals surface area contributed by atoms with Gasteiger partial charge in [-0.2, -0.15) is 0 Å². The average Bonchev–Trinajstić information content (AvgIpc) is 1.38. The third kappa shape index (κ3) is 19.6. The van der Waals surface area contributed by atoms with E-state index in [0.717, 1.165) is 0 Å². The first kappa shape index (κ1) is 15.7. The van der Waals surface area contributed by atoms with E-state index in [9.17, 15) is 0 Å². The molecule has 0 saturated carbocycles. The van der Waals surface area contributed by atoms with Crippen molar-refractivity contribution >= 4 is 0 Å². The molecule has 0 heterocycles. The number of hydrogen-bond acceptors (Lipinski definition) is 2. The summed E-state index contributed by atoms with van der Waals surface area (Å²) in [6.45, 7) is 4.25. The zero-order valence-electron chi connectivity index (χ0n) is 5.18. The number of aliphatic hydroxyl groups excluding tert-OH is 1. The molecule has 0 aliphatic heterocycles. The van der Waals surface area contributed by atoms with Gasteiger partial charge in [-0.15, -0.1) is 0 Å². The molecule has 0 saturated heterocycles. The third-order valence-electron chi connectivity index (χ3n) is 0.365. The standard InChI is InChI=1S/C4H10O.Na.H2O/c1-4(2)3-5;;/h4-5H,3H2,1-2H3;;1H2/q;+1;/p-1. The topological polar surface area (TPSA) is 50.2 Å². The summed E-state index contributed by atoms with van der Waals surface area (Å²) in [5.74, 6) is 0.440. The minimum atomic E-state index is 0. The van der Waals surface area contributed by atoms with Gasteiger partial charge in [0.2, 0.25) is 0 Å². The molecule has 7 heavy (non-hydrogen) atoms.